The minimum atomic E-state index is 0.0211. The summed E-state index contributed by atoms with van der Waals surface area (Å²) in [6, 6.07) is 19.4. The Morgan fingerprint density at radius 3 is 2.68 bits per heavy atom. The zero-order chi connectivity index (χ0) is 19.3. The van der Waals surface area contributed by atoms with E-state index in [0.717, 1.165) is 49.5 Å². The average molecular weight is 434 g/mol. The molecule has 0 bridgehead atoms. The van der Waals surface area contributed by atoms with E-state index in [-0.39, 0.29) is 5.91 Å². The predicted octanol–water partition coefficient (Wildman–Crippen LogP) is 5.16. The van der Waals surface area contributed by atoms with Crippen molar-refractivity contribution in [3.05, 3.63) is 76.3 Å². The maximum atomic E-state index is 12.8. The number of benzene rings is 3. The van der Waals surface area contributed by atoms with E-state index in [9.17, 15) is 4.79 Å². The Morgan fingerprint density at radius 1 is 1.07 bits per heavy atom. The van der Waals surface area contributed by atoms with E-state index in [0.29, 0.717) is 6.54 Å². The first kappa shape index (κ1) is 17.0. The number of methoxy groups -OCH3 is 1. The van der Waals surface area contributed by atoms with Gasteiger partial charge in [0.2, 0.25) is 0 Å². The van der Waals surface area contributed by atoms with Crippen LogP contribution in [0.3, 0.4) is 0 Å². The third-order valence-corrected chi connectivity index (χ3v) is 5.51. The molecule has 0 atom stereocenters. The topological polar surface area (TPSA) is 58.2 Å². The van der Waals surface area contributed by atoms with Gasteiger partial charge in [-0.05, 0) is 66.2 Å². The number of fused-ring (bicyclic) bond motifs is 2. The van der Waals surface area contributed by atoms with Gasteiger partial charge in [0.05, 0.1) is 24.7 Å². The standard InChI is InChI=1S/C22H16BrN3O2/c1-28-17-6-2-13(3-7-17)21-24-19-9-5-16(11-20(19)25-21)26-12-14-10-15(23)4-8-18(14)22(26)27/h2-11H,12H2,1H3,(H,24,25). The number of amides is 1. The van der Waals surface area contributed by atoms with Crippen molar-refractivity contribution in [3.63, 3.8) is 0 Å². The molecule has 28 heavy (non-hydrogen) atoms. The molecule has 1 aliphatic heterocycles. The first-order valence-electron chi connectivity index (χ1n) is 8.87. The molecule has 1 N–H and O–H groups in total. The minimum absolute atomic E-state index is 0.0211. The zero-order valence-corrected chi connectivity index (χ0v) is 16.7. The van der Waals surface area contributed by atoms with Crippen molar-refractivity contribution >= 4 is 38.6 Å². The molecule has 5 nitrogen and oxygen atoms in total. The molecule has 5 rings (SSSR count). The molecule has 0 saturated carbocycles. The molecule has 0 spiro atoms. The van der Waals surface area contributed by atoms with Crippen molar-refractivity contribution in [2.24, 2.45) is 0 Å². The quantitative estimate of drug-likeness (QED) is 0.485. The number of rotatable bonds is 3. The first-order valence-corrected chi connectivity index (χ1v) is 9.66. The second-order valence-electron chi connectivity index (χ2n) is 6.71. The maximum absolute atomic E-state index is 12.8. The summed E-state index contributed by atoms with van der Waals surface area (Å²) in [6.45, 7) is 0.564. The van der Waals surface area contributed by atoms with Crippen LogP contribution in [0.5, 0.6) is 5.75 Å². The van der Waals surface area contributed by atoms with Crippen LogP contribution < -0.4 is 9.64 Å². The Kier molecular flexibility index (Phi) is 3.94. The number of ether oxygens (including phenoxy) is 1. The second kappa shape index (κ2) is 6.49. The molecule has 2 heterocycles. The van der Waals surface area contributed by atoms with Crippen LogP contribution in [0.2, 0.25) is 0 Å². The molecule has 0 unspecified atom stereocenters. The summed E-state index contributed by atoms with van der Waals surface area (Å²) >= 11 is 3.48. The van der Waals surface area contributed by atoms with Gasteiger partial charge in [-0.25, -0.2) is 4.98 Å². The third kappa shape index (κ3) is 2.77. The summed E-state index contributed by atoms with van der Waals surface area (Å²) < 4.78 is 6.19. The highest BCUT2D eigenvalue weighted by molar-refractivity contribution is 9.10. The lowest BCUT2D eigenvalue weighted by molar-refractivity contribution is 0.0996. The highest BCUT2D eigenvalue weighted by Gasteiger charge is 2.28. The number of anilines is 1. The fraction of sp³-hybridized carbons (Fsp3) is 0.0909. The molecule has 0 radical (unpaired) electrons. The van der Waals surface area contributed by atoms with Gasteiger partial charge in [0.25, 0.3) is 5.91 Å². The van der Waals surface area contributed by atoms with Gasteiger partial charge in [0.1, 0.15) is 11.6 Å². The van der Waals surface area contributed by atoms with Gasteiger partial charge in [0.15, 0.2) is 0 Å². The number of nitrogens with zero attached hydrogens (tertiary/aromatic N) is 2. The minimum Gasteiger partial charge on any atom is -0.497 e. The molecule has 0 saturated heterocycles. The van der Waals surface area contributed by atoms with Crippen LogP contribution in [0, 0.1) is 0 Å². The fourth-order valence-electron chi connectivity index (χ4n) is 3.55. The molecular weight excluding hydrogens is 418 g/mol. The molecule has 138 valence electrons. The van der Waals surface area contributed by atoms with Gasteiger partial charge in [-0.3, -0.25) is 4.79 Å². The molecule has 3 aromatic carbocycles. The van der Waals surface area contributed by atoms with Gasteiger partial charge in [0, 0.05) is 21.3 Å². The van der Waals surface area contributed by atoms with E-state index in [1.54, 1.807) is 12.0 Å². The molecule has 1 aliphatic rings. The van der Waals surface area contributed by atoms with Gasteiger partial charge >= 0.3 is 0 Å². The number of carbonyl (C=O) groups is 1. The van der Waals surface area contributed by atoms with Gasteiger partial charge in [-0.2, -0.15) is 0 Å². The van der Waals surface area contributed by atoms with Crippen LogP contribution in [0.4, 0.5) is 5.69 Å². The first-order chi connectivity index (χ1) is 13.6. The Balaban J connectivity index is 1.49. The molecule has 4 aromatic rings. The number of hydrogen-bond donors (Lipinski definition) is 1. The number of hydrogen-bond acceptors (Lipinski definition) is 3. The molecule has 1 amide bonds. The van der Waals surface area contributed by atoms with E-state index in [4.69, 9.17) is 9.72 Å². The Morgan fingerprint density at radius 2 is 1.89 bits per heavy atom. The maximum Gasteiger partial charge on any atom is 0.258 e. The van der Waals surface area contributed by atoms with Crippen molar-refractivity contribution in [1.82, 2.24) is 9.97 Å². The highest BCUT2D eigenvalue weighted by atomic mass is 79.9. The number of carbonyl (C=O) groups excluding carboxylic acids is 1. The van der Waals surface area contributed by atoms with Crippen molar-refractivity contribution < 1.29 is 9.53 Å². The zero-order valence-electron chi connectivity index (χ0n) is 15.1. The monoisotopic (exact) mass is 433 g/mol. The highest BCUT2D eigenvalue weighted by Crippen LogP contribution is 2.32. The Labute approximate surface area is 170 Å². The second-order valence-corrected chi connectivity index (χ2v) is 7.62. The van der Waals surface area contributed by atoms with E-state index in [1.165, 1.54) is 0 Å². The lowest BCUT2D eigenvalue weighted by atomic mass is 10.1. The molecular formula is C22H16BrN3O2. The summed E-state index contributed by atoms with van der Waals surface area (Å²) in [5.41, 5.74) is 5.37. The smallest absolute Gasteiger partial charge is 0.258 e. The van der Waals surface area contributed by atoms with Crippen LogP contribution in [0.25, 0.3) is 22.4 Å². The molecule has 6 heteroatoms. The fourth-order valence-corrected chi connectivity index (χ4v) is 3.95. The predicted molar refractivity (Wildman–Crippen MR) is 113 cm³/mol. The number of aromatic amines is 1. The Hall–Kier alpha value is -3.12. The van der Waals surface area contributed by atoms with E-state index >= 15 is 0 Å². The van der Waals surface area contributed by atoms with E-state index in [2.05, 4.69) is 20.9 Å². The lowest BCUT2D eigenvalue weighted by Crippen LogP contribution is -2.22. The normalized spacial score (nSPS) is 13.2. The molecule has 1 aromatic heterocycles. The van der Waals surface area contributed by atoms with Crippen molar-refractivity contribution in [1.29, 1.82) is 0 Å². The number of aromatic nitrogens is 2. The van der Waals surface area contributed by atoms with Gasteiger partial charge < -0.3 is 14.6 Å². The summed E-state index contributed by atoms with van der Waals surface area (Å²) in [5, 5.41) is 0. The van der Waals surface area contributed by atoms with Crippen LogP contribution in [0.15, 0.2) is 65.1 Å². The molecule has 0 aliphatic carbocycles. The van der Waals surface area contributed by atoms with Crippen LogP contribution in [0.1, 0.15) is 15.9 Å². The van der Waals surface area contributed by atoms with Crippen LogP contribution in [-0.4, -0.2) is 23.0 Å². The van der Waals surface area contributed by atoms with Crippen LogP contribution >= 0.6 is 15.9 Å². The van der Waals surface area contributed by atoms with Gasteiger partial charge in [-0.1, -0.05) is 15.9 Å². The average Bonchev–Trinajstić information content (AvgIpc) is 3.28. The van der Waals surface area contributed by atoms with E-state index < -0.39 is 0 Å². The van der Waals surface area contributed by atoms with Crippen molar-refractivity contribution in [2.45, 2.75) is 6.54 Å². The SMILES string of the molecule is COc1ccc(-c2nc3cc(N4Cc5cc(Br)ccc5C4=O)ccc3[nH]2)cc1. The number of nitrogens with one attached hydrogen (secondary N) is 1. The van der Waals surface area contributed by atoms with Crippen molar-refractivity contribution in [2.75, 3.05) is 12.0 Å². The number of imidazole rings is 1. The van der Waals surface area contributed by atoms with Crippen LogP contribution in [-0.2, 0) is 6.54 Å². The summed E-state index contributed by atoms with van der Waals surface area (Å²) in [5.74, 6) is 1.61. The van der Waals surface area contributed by atoms with Gasteiger partial charge in [-0.15, -0.1) is 0 Å². The lowest BCUT2D eigenvalue weighted by Gasteiger charge is -2.15. The summed E-state index contributed by atoms with van der Waals surface area (Å²) in [7, 11) is 1.65. The Bertz CT molecular complexity index is 1210. The number of halogens is 1. The van der Waals surface area contributed by atoms with Crippen molar-refractivity contribution in [3.8, 4) is 17.1 Å². The largest absolute Gasteiger partial charge is 0.497 e. The summed E-state index contributed by atoms with van der Waals surface area (Å²) in [6.07, 6.45) is 0. The third-order valence-electron chi connectivity index (χ3n) is 5.01. The number of H-pyrrole nitrogens is 1. The van der Waals surface area contributed by atoms with E-state index in [1.807, 2.05) is 60.7 Å². The molecule has 0 fully saturated rings. The summed E-state index contributed by atoms with van der Waals surface area (Å²) in [4.78, 5) is 22.7.